The summed E-state index contributed by atoms with van der Waals surface area (Å²) < 4.78 is 16.4. The van der Waals surface area contributed by atoms with E-state index in [0.29, 0.717) is 31.8 Å². The van der Waals surface area contributed by atoms with Gasteiger partial charge in [0.05, 0.1) is 15.6 Å². The van der Waals surface area contributed by atoms with Crippen molar-refractivity contribution in [2.75, 3.05) is 7.11 Å². The first-order valence-electron chi connectivity index (χ1n) is 9.09. The van der Waals surface area contributed by atoms with Crippen LogP contribution in [0.15, 0.2) is 41.0 Å². The van der Waals surface area contributed by atoms with Gasteiger partial charge in [-0.2, -0.15) is 0 Å². The number of methoxy groups -OCH3 is 1. The molecular weight excluding hydrogens is 519 g/mol. The molecule has 0 saturated heterocycles. The maximum absolute atomic E-state index is 12.3. The Morgan fingerprint density at radius 1 is 1.32 bits per heavy atom. The summed E-state index contributed by atoms with van der Waals surface area (Å²) >= 11 is 2.00. The van der Waals surface area contributed by atoms with E-state index in [1.54, 1.807) is 38.1 Å². The van der Waals surface area contributed by atoms with Crippen molar-refractivity contribution >= 4 is 52.2 Å². The molecule has 0 aromatic heterocycles. The lowest BCUT2D eigenvalue weighted by molar-refractivity contribution is -0.385. The fraction of sp³-hybridized carbons (Fsp3) is 0.190. The van der Waals surface area contributed by atoms with Gasteiger partial charge in [-0.15, -0.1) is 0 Å². The van der Waals surface area contributed by atoms with E-state index in [9.17, 15) is 19.7 Å². The van der Waals surface area contributed by atoms with Crippen LogP contribution in [0.4, 0.5) is 5.69 Å². The molecule has 3 rings (SSSR count). The fourth-order valence-electron chi connectivity index (χ4n) is 2.74. The van der Waals surface area contributed by atoms with Gasteiger partial charge in [0, 0.05) is 23.6 Å². The Morgan fingerprint density at radius 3 is 2.71 bits per heavy atom. The number of nitro groups is 1. The van der Waals surface area contributed by atoms with Gasteiger partial charge in [-0.1, -0.05) is 13.0 Å². The molecule has 0 atom stereocenters. The number of ether oxygens (including phenoxy) is 3. The van der Waals surface area contributed by atoms with Crippen molar-refractivity contribution in [3.05, 3.63) is 66.4 Å². The highest BCUT2D eigenvalue weighted by Gasteiger charge is 2.26. The number of benzene rings is 2. The van der Waals surface area contributed by atoms with Gasteiger partial charge in [-0.3, -0.25) is 14.9 Å². The zero-order valence-electron chi connectivity index (χ0n) is 16.8. The second-order valence-corrected chi connectivity index (χ2v) is 7.62. The Balaban J connectivity index is 1.97. The van der Waals surface area contributed by atoms with E-state index < -0.39 is 16.9 Å². The number of esters is 2. The number of rotatable bonds is 6. The molecule has 0 spiro atoms. The van der Waals surface area contributed by atoms with Crippen LogP contribution in [-0.2, 0) is 14.3 Å². The number of aliphatic imine (C=N–C) groups is 1. The summed E-state index contributed by atoms with van der Waals surface area (Å²) in [6, 6.07) is 7.78. The summed E-state index contributed by atoms with van der Waals surface area (Å²) in [6.07, 6.45) is 1.71. The largest absolute Gasteiger partial charge is 0.493 e. The number of nitro benzene ring substituents is 1. The minimum atomic E-state index is -0.686. The smallest absolute Gasteiger partial charge is 0.363 e. The monoisotopic (exact) mass is 536 g/mol. The molecule has 0 N–H and O–H groups in total. The molecule has 0 fully saturated rings. The summed E-state index contributed by atoms with van der Waals surface area (Å²) in [5, 5.41) is 11.2. The predicted octanol–water partition coefficient (Wildman–Crippen LogP) is 4.18. The Kier molecular flexibility index (Phi) is 6.68. The number of halogens is 1. The molecule has 31 heavy (non-hydrogen) atoms. The molecule has 0 unspecified atom stereocenters. The first kappa shape index (κ1) is 22.4. The van der Waals surface area contributed by atoms with Gasteiger partial charge in [0.15, 0.2) is 17.2 Å². The summed E-state index contributed by atoms with van der Waals surface area (Å²) in [4.78, 5) is 38.8. The molecule has 0 amide bonds. The van der Waals surface area contributed by atoms with Crippen molar-refractivity contribution in [3.8, 4) is 11.5 Å². The average molecular weight is 536 g/mol. The second kappa shape index (κ2) is 9.25. The third-order valence-electron chi connectivity index (χ3n) is 4.33. The van der Waals surface area contributed by atoms with E-state index >= 15 is 0 Å². The quantitative estimate of drug-likeness (QED) is 0.136. The van der Waals surface area contributed by atoms with Gasteiger partial charge in [0.2, 0.25) is 5.90 Å². The molecule has 1 aliphatic heterocycles. The normalized spacial score (nSPS) is 14.3. The van der Waals surface area contributed by atoms with Gasteiger partial charge < -0.3 is 14.2 Å². The number of carbonyl (C=O) groups is 2. The number of hydrogen-bond acceptors (Lipinski definition) is 8. The van der Waals surface area contributed by atoms with E-state index in [0.717, 1.165) is 0 Å². The minimum absolute atomic E-state index is 0.0190. The molecule has 0 bridgehead atoms. The third kappa shape index (κ3) is 4.90. The molecule has 1 aliphatic rings. The standard InChI is InChI=1S/C21H17IN2O7/c1-4-18(25)30-19-14(22)7-12(9-17(19)29-3)8-15-21(26)31-20(23-15)13-6-5-11(2)16(10-13)24(27)28/h5-10H,4H2,1-3H3/b15-8-. The van der Waals surface area contributed by atoms with Crippen molar-refractivity contribution in [1.82, 2.24) is 0 Å². The average Bonchev–Trinajstić information content (AvgIpc) is 3.09. The van der Waals surface area contributed by atoms with Crippen molar-refractivity contribution in [2.45, 2.75) is 20.3 Å². The molecule has 0 aliphatic carbocycles. The Bertz CT molecular complexity index is 1150. The molecular formula is C21H17IN2O7. The number of carbonyl (C=O) groups excluding carboxylic acids is 2. The summed E-state index contributed by atoms with van der Waals surface area (Å²) in [7, 11) is 1.44. The highest BCUT2D eigenvalue weighted by atomic mass is 127. The lowest BCUT2D eigenvalue weighted by Gasteiger charge is -2.11. The summed E-state index contributed by atoms with van der Waals surface area (Å²) in [5.41, 5.74) is 1.31. The highest BCUT2D eigenvalue weighted by Crippen LogP contribution is 2.35. The molecule has 160 valence electrons. The van der Waals surface area contributed by atoms with Crippen LogP contribution in [-0.4, -0.2) is 29.9 Å². The van der Waals surface area contributed by atoms with E-state index in [-0.39, 0.29) is 23.7 Å². The molecule has 2 aromatic carbocycles. The molecule has 0 radical (unpaired) electrons. The lowest BCUT2D eigenvalue weighted by Crippen LogP contribution is -2.08. The Hall–Kier alpha value is -3.28. The van der Waals surface area contributed by atoms with E-state index in [1.807, 2.05) is 22.6 Å². The first-order chi connectivity index (χ1) is 14.7. The van der Waals surface area contributed by atoms with E-state index in [1.165, 1.54) is 19.3 Å². The molecule has 10 heteroatoms. The van der Waals surface area contributed by atoms with Crippen LogP contribution < -0.4 is 9.47 Å². The van der Waals surface area contributed by atoms with Gasteiger partial charge in [-0.05, 0) is 59.4 Å². The van der Waals surface area contributed by atoms with Crippen molar-refractivity contribution in [3.63, 3.8) is 0 Å². The van der Waals surface area contributed by atoms with Crippen LogP contribution in [0.25, 0.3) is 6.08 Å². The van der Waals surface area contributed by atoms with Crippen LogP contribution in [0.3, 0.4) is 0 Å². The molecule has 1 heterocycles. The van der Waals surface area contributed by atoms with Gasteiger partial charge >= 0.3 is 11.9 Å². The number of nitrogens with zero attached hydrogens (tertiary/aromatic N) is 2. The topological polar surface area (TPSA) is 117 Å². The van der Waals surface area contributed by atoms with Crippen LogP contribution in [0.5, 0.6) is 11.5 Å². The van der Waals surface area contributed by atoms with E-state index in [2.05, 4.69) is 4.99 Å². The first-order valence-corrected chi connectivity index (χ1v) is 10.2. The molecule has 0 saturated carbocycles. The summed E-state index contributed by atoms with van der Waals surface area (Å²) in [6.45, 7) is 3.30. The molecule has 2 aromatic rings. The van der Waals surface area contributed by atoms with Gasteiger partial charge in [-0.25, -0.2) is 9.79 Å². The van der Waals surface area contributed by atoms with Crippen LogP contribution in [0, 0.1) is 20.6 Å². The zero-order chi connectivity index (χ0) is 22.7. The van der Waals surface area contributed by atoms with Gasteiger partial charge in [0.25, 0.3) is 5.69 Å². The van der Waals surface area contributed by atoms with Crippen LogP contribution >= 0.6 is 22.6 Å². The number of hydrogen-bond donors (Lipinski definition) is 0. The van der Waals surface area contributed by atoms with Crippen molar-refractivity contribution in [1.29, 1.82) is 0 Å². The molecule has 9 nitrogen and oxygen atoms in total. The Labute approximate surface area is 191 Å². The fourth-order valence-corrected chi connectivity index (χ4v) is 3.47. The maximum atomic E-state index is 12.3. The summed E-state index contributed by atoms with van der Waals surface area (Å²) in [5.74, 6) is -0.487. The highest BCUT2D eigenvalue weighted by molar-refractivity contribution is 14.1. The van der Waals surface area contributed by atoms with Crippen molar-refractivity contribution in [2.24, 2.45) is 4.99 Å². The van der Waals surface area contributed by atoms with Crippen LogP contribution in [0.1, 0.15) is 30.0 Å². The minimum Gasteiger partial charge on any atom is -0.493 e. The van der Waals surface area contributed by atoms with Crippen molar-refractivity contribution < 1.29 is 28.7 Å². The second-order valence-electron chi connectivity index (χ2n) is 6.46. The predicted molar refractivity (Wildman–Crippen MR) is 120 cm³/mol. The SMILES string of the molecule is CCC(=O)Oc1c(I)cc(/C=C2\N=C(c3ccc(C)c([N+](=O)[O-])c3)OC2=O)cc1OC. The maximum Gasteiger partial charge on any atom is 0.363 e. The number of aryl methyl sites for hydroxylation is 1. The van der Waals surface area contributed by atoms with E-state index in [4.69, 9.17) is 14.2 Å². The Morgan fingerprint density at radius 2 is 2.06 bits per heavy atom. The van der Waals surface area contributed by atoms with Crippen LogP contribution in [0.2, 0.25) is 0 Å². The third-order valence-corrected chi connectivity index (χ3v) is 5.13. The zero-order valence-corrected chi connectivity index (χ0v) is 19.0. The number of cyclic esters (lactones) is 1. The lowest BCUT2D eigenvalue weighted by atomic mass is 10.1. The van der Waals surface area contributed by atoms with Gasteiger partial charge in [0.1, 0.15) is 0 Å².